The number of benzene rings is 2. The number of aliphatic hydroxyl groups excluding tert-OH is 1. The summed E-state index contributed by atoms with van der Waals surface area (Å²) in [5, 5.41) is 13.4. The predicted octanol–water partition coefficient (Wildman–Crippen LogP) is 3.04. The lowest BCUT2D eigenvalue weighted by molar-refractivity contribution is 0.152. The monoisotopic (exact) mass is 261 g/mol. The fraction of sp³-hybridized carbons (Fsp3) is 0.200. The van der Waals surface area contributed by atoms with Crippen LogP contribution in [0.5, 0.6) is 0 Å². The lowest BCUT2D eigenvalue weighted by Crippen LogP contribution is -2.25. The SMILES string of the molecule is OC(c1ccc(F)cc1F)C1Cc2ccccc2N1. The summed E-state index contributed by atoms with van der Waals surface area (Å²) < 4.78 is 26.5. The number of halogens is 2. The standard InChI is InChI=1S/C15H13F2NO/c16-10-5-6-11(12(17)8-10)15(19)14-7-9-3-1-2-4-13(9)18-14/h1-6,8,14-15,18-19H,7H2. The second-order valence-corrected chi connectivity index (χ2v) is 4.72. The zero-order valence-electron chi connectivity index (χ0n) is 10.1. The highest BCUT2D eigenvalue weighted by atomic mass is 19.1. The molecule has 0 fully saturated rings. The van der Waals surface area contributed by atoms with Crippen molar-refractivity contribution in [2.24, 2.45) is 0 Å². The van der Waals surface area contributed by atoms with Crippen molar-refractivity contribution in [1.82, 2.24) is 0 Å². The van der Waals surface area contributed by atoms with Gasteiger partial charge in [-0.2, -0.15) is 0 Å². The Morgan fingerprint density at radius 1 is 1.16 bits per heavy atom. The van der Waals surface area contributed by atoms with Crippen LogP contribution in [0.1, 0.15) is 17.2 Å². The van der Waals surface area contributed by atoms with Gasteiger partial charge in [0.1, 0.15) is 17.7 Å². The van der Waals surface area contributed by atoms with Gasteiger partial charge in [0.25, 0.3) is 0 Å². The Morgan fingerprint density at radius 2 is 1.95 bits per heavy atom. The van der Waals surface area contributed by atoms with Crippen LogP contribution in [-0.4, -0.2) is 11.1 Å². The van der Waals surface area contributed by atoms with Gasteiger partial charge in [0, 0.05) is 17.3 Å². The Morgan fingerprint density at radius 3 is 2.68 bits per heavy atom. The summed E-state index contributed by atoms with van der Waals surface area (Å²) in [6.07, 6.45) is -0.387. The van der Waals surface area contributed by atoms with Gasteiger partial charge >= 0.3 is 0 Å². The van der Waals surface area contributed by atoms with Gasteiger partial charge in [0.15, 0.2) is 0 Å². The van der Waals surface area contributed by atoms with Gasteiger partial charge in [-0.25, -0.2) is 8.78 Å². The number of hydrogen-bond acceptors (Lipinski definition) is 2. The van der Waals surface area contributed by atoms with Gasteiger partial charge in [0.05, 0.1) is 6.04 Å². The van der Waals surface area contributed by atoms with E-state index in [-0.39, 0.29) is 11.6 Å². The molecule has 0 bridgehead atoms. The molecule has 98 valence electrons. The van der Waals surface area contributed by atoms with Crippen molar-refractivity contribution in [2.45, 2.75) is 18.6 Å². The van der Waals surface area contributed by atoms with Crippen molar-refractivity contribution in [3.8, 4) is 0 Å². The average Bonchev–Trinajstić information content (AvgIpc) is 2.81. The molecular weight excluding hydrogens is 248 g/mol. The molecule has 19 heavy (non-hydrogen) atoms. The second kappa shape index (κ2) is 4.63. The number of aliphatic hydroxyl groups is 1. The van der Waals surface area contributed by atoms with E-state index in [0.717, 1.165) is 23.4 Å². The van der Waals surface area contributed by atoms with Gasteiger partial charge in [-0.05, 0) is 24.1 Å². The maximum Gasteiger partial charge on any atom is 0.131 e. The Labute approximate surface area is 109 Å². The molecule has 0 saturated heterocycles. The maximum absolute atomic E-state index is 13.7. The van der Waals surface area contributed by atoms with E-state index in [4.69, 9.17) is 0 Å². The van der Waals surface area contributed by atoms with Gasteiger partial charge < -0.3 is 10.4 Å². The number of fused-ring (bicyclic) bond motifs is 1. The first-order chi connectivity index (χ1) is 9.15. The van der Waals surface area contributed by atoms with Gasteiger partial charge in [-0.15, -0.1) is 0 Å². The van der Waals surface area contributed by atoms with Crippen LogP contribution in [-0.2, 0) is 6.42 Å². The van der Waals surface area contributed by atoms with Crippen LogP contribution < -0.4 is 5.32 Å². The molecule has 4 heteroatoms. The summed E-state index contributed by atoms with van der Waals surface area (Å²) in [5.74, 6) is -1.36. The van der Waals surface area contributed by atoms with E-state index in [9.17, 15) is 13.9 Å². The van der Waals surface area contributed by atoms with Crippen LogP contribution in [0.3, 0.4) is 0 Å². The molecule has 2 aromatic carbocycles. The fourth-order valence-electron chi connectivity index (χ4n) is 2.48. The van der Waals surface area contributed by atoms with Crippen molar-refractivity contribution < 1.29 is 13.9 Å². The smallest absolute Gasteiger partial charge is 0.131 e. The van der Waals surface area contributed by atoms with Crippen LogP contribution in [0.25, 0.3) is 0 Å². The zero-order chi connectivity index (χ0) is 13.4. The van der Waals surface area contributed by atoms with Crippen molar-refractivity contribution in [1.29, 1.82) is 0 Å². The molecule has 2 atom stereocenters. The Hall–Kier alpha value is -1.94. The molecule has 1 aliphatic heterocycles. The minimum absolute atomic E-state index is 0.117. The van der Waals surface area contributed by atoms with Crippen LogP contribution in [0.15, 0.2) is 42.5 Å². The van der Waals surface area contributed by atoms with Gasteiger partial charge in [-0.3, -0.25) is 0 Å². The molecule has 2 N–H and O–H groups in total. The first-order valence-electron chi connectivity index (χ1n) is 6.12. The van der Waals surface area contributed by atoms with Crippen LogP contribution in [0, 0.1) is 11.6 Å². The van der Waals surface area contributed by atoms with Crippen LogP contribution >= 0.6 is 0 Å². The van der Waals surface area contributed by atoms with Crippen molar-refractivity contribution in [2.75, 3.05) is 5.32 Å². The Balaban J connectivity index is 1.85. The fourth-order valence-corrected chi connectivity index (χ4v) is 2.48. The summed E-state index contributed by atoms with van der Waals surface area (Å²) in [7, 11) is 0. The number of nitrogens with one attached hydrogen (secondary N) is 1. The summed E-state index contributed by atoms with van der Waals surface area (Å²) in [5.41, 5.74) is 2.16. The average molecular weight is 261 g/mol. The first kappa shape index (κ1) is 12.1. The molecule has 0 aliphatic carbocycles. The lowest BCUT2D eigenvalue weighted by atomic mass is 9.99. The molecule has 0 radical (unpaired) electrons. The highest BCUT2D eigenvalue weighted by Gasteiger charge is 2.29. The zero-order valence-corrected chi connectivity index (χ0v) is 10.1. The highest BCUT2D eigenvalue weighted by molar-refractivity contribution is 5.57. The molecule has 2 aromatic rings. The molecule has 3 rings (SSSR count). The van der Waals surface area contributed by atoms with E-state index in [2.05, 4.69) is 5.32 Å². The predicted molar refractivity (Wildman–Crippen MR) is 68.9 cm³/mol. The highest BCUT2D eigenvalue weighted by Crippen LogP contribution is 2.32. The number of anilines is 1. The van der Waals surface area contributed by atoms with Crippen LogP contribution in [0.4, 0.5) is 14.5 Å². The molecular formula is C15H13F2NO. The van der Waals surface area contributed by atoms with E-state index in [0.29, 0.717) is 6.42 Å². The minimum Gasteiger partial charge on any atom is -0.386 e. The maximum atomic E-state index is 13.7. The molecule has 2 nitrogen and oxygen atoms in total. The third-order valence-electron chi connectivity index (χ3n) is 3.46. The molecule has 2 unspecified atom stereocenters. The summed E-state index contributed by atoms with van der Waals surface area (Å²) in [4.78, 5) is 0. The molecule has 1 heterocycles. The summed E-state index contributed by atoms with van der Waals surface area (Å²) >= 11 is 0. The number of para-hydroxylation sites is 1. The topological polar surface area (TPSA) is 32.3 Å². The summed E-state index contributed by atoms with van der Waals surface area (Å²) in [6, 6.07) is 10.7. The molecule has 0 spiro atoms. The number of rotatable bonds is 2. The molecule has 0 saturated carbocycles. The molecule has 1 aliphatic rings. The Kier molecular flexibility index (Phi) is 2.95. The van der Waals surface area contributed by atoms with E-state index in [1.165, 1.54) is 6.07 Å². The normalized spacial score (nSPS) is 18.8. The minimum atomic E-state index is -1.01. The Bertz CT molecular complexity index is 590. The van der Waals surface area contributed by atoms with E-state index in [1.54, 1.807) is 0 Å². The van der Waals surface area contributed by atoms with Crippen LogP contribution in [0.2, 0.25) is 0 Å². The number of hydrogen-bond donors (Lipinski definition) is 2. The largest absolute Gasteiger partial charge is 0.386 e. The third kappa shape index (κ3) is 2.19. The first-order valence-corrected chi connectivity index (χ1v) is 6.12. The third-order valence-corrected chi connectivity index (χ3v) is 3.46. The van der Waals surface area contributed by atoms with Crippen molar-refractivity contribution in [3.05, 3.63) is 65.2 Å². The second-order valence-electron chi connectivity index (χ2n) is 4.72. The lowest BCUT2D eigenvalue weighted by Gasteiger charge is -2.19. The van der Waals surface area contributed by atoms with Crippen molar-refractivity contribution >= 4 is 5.69 Å². The molecule has 0 aromatic heterocycles. The summed E-state index contributed by atoms with van der Waals surface area (Å²) in [6.45, 7) is 0. The van der Waals surface area contributed by atoms with Crippen molar-refractivity contribution in [3.63, 3.8) is 0 Å². The van der Waals surface area contributed by atoms with E-state index < -0.39 is 17.7 Å². The van der Waals surface area contributed by atoms with Gasteiger partial charge in [0.2, 0.25) is 0 Å². The van der Waals surface area contributed by atoms with E-state index >= 15 is 0 Å². The molecule has 0 amide bonds. The van der Waals surface area contributed by atoms with Gasteiger partial charge in [-0.1, -0.05) is 24.3 Å². The quantitative estimate of drug-likeness (QED) is 0.871. The van der Waals surface area contributed by atoms with E-state index in [1.807, 2.05) is 24.3 Å².